The Bertz CT molecular complexity index is 270. The molecule has 2 heterocycles. The molecule has 1 aliphatic carbocycles. The van der Waals surface area contributed by atoms with Crippen LogP contribution in [0.2, 0.25) is 0 Å². The van der Waals surface area contributed by atoms with E-state index in [2.05, 4.69) is 17.1 Å². The van der Waals surface area contributed by atoms with Gasteiger partial charge in [-0.05, 0) is 45.1 Å². The van der Waals surface area contributed by atoms with Crippen LogP contribution in [0.4, 0.5) is 0 Å². The van der Waals surface area contributed by atoms with Crippen LogP contribution in [0.15, 0.2) is 0 Å². The molecule has 3 aliphatic rings. The van der Waals surface area contributed by atoms with Gasteiger partial charge in [-0.15, -0.1) is 0 Å². The summed E-state index contributed by atoms with van der Waals surface area (Å²) in [7, 11) is 0. The van der Waals surface area contributed by atoms with Crippen molar-refractivity contribution in [2.45, 2.75) is 57.0 Å². The summed E-state index contributed by atoms with van der Waals surface area (Å²) in [5, 5.41) is 3.87. The van der Waals surface area contributed by atoms with Gasteiger partial charge in [-0.1, -0.05) is 12.8 Å². The first kappa shape index (κ1) is 12.9. The molecule has 2 unspecified atom stereocenters. The topological polar surface area (TPSA) is 24.5 Å². The molecule has 2 saturated heterocycles. The summed E-state index contributed by atoms with van der Waals surface area (Å²) in [6.45, 7) is 8.11. The van der Waals surface area contributed by atoms with Gasteiger partial charge < -0.3 is 10.1 Å². The SMILES string of the molecule is CC1CCNC2(CCCC2)CN1CC1CCOC1. The van der Waals surface area contributed by atoms with Crippen molar-refractivity contribution < 1.29 is 4.74 Å². The second-order valence-electron chi connectivity index (χ2n) is 6.71. The fourth-order valence-corrected chi connectivity index (χ4v) is 4.02. The Morgan fingerprint density at radius 3 is 2.83 bits per heavy atom. The van der Waals surface area contributed by atoms with E-state index >= 15 is 0 Å². The Morgan fingerprint density at radius 1 is 1.28 bits per heavy atom. The zero-order chi connectivity index (χ0) is 12.4. The predicted octanol–water partition coefficient (Wildman–Crippen LogP) is 2.02. The van der Waals surface area contributed by atoms with Gasteiger partial charge in [0.2, 0.25) is 0 Å². The number of nitrogens with zero attached hydrogens (tertiary/aromatic N) is 1. The van der Waals surface area contributed by atoms with Crippen molar-refractivity contribution in [2.75, 3.05) is 32.8 Å². The summed E-state index contributed by atoms with van der Waals surface area (Å²) in [4.78, 5) is 2.75. The van der Waals surface area contributed by atoms with Crippen molar-refractivity contribution in [2.24, 2.45) is 5.92 Å². The zero-order valence-electron chi connectivity index (χ0n) is 11.8. The third-order valence-corrected chi connectivity index (χ3v) is 5.27. The molecule has 2 atom stereocenters. The van der Waals surface area contributed by atoms with Gasteiger partial charge in [0, 0.05) is 31.3 Å². The van der Waals surface area contributed by atoms with Crippen molar-refractivity contribution in [3.63, 3.8) is 0 Å². The quantitative estimate of drug-likeness (QED) is 0.814. The number of hydrogen-bond donors (Lipinski definition) is 1. The normalized spacial score (nSPS) is 37.2. The van der Waals surface area contributed by atoms with Crippen molar-refractivity contribution in [3.8, 4) is 0 Å². The lowest BCUT2D eigenvalue weighted by atomic mass is 9.96. The highest BCUT2D eigenvalue weighted by Crippen LogP contribution is 2.33. The summed E-state index contributed by atoms with van der Waals surface area (Å²) in [6.07, 6.45) is 8.18. The first-order valence-corrected chi connectivity index (χ1v) is 7.84. The fourth-order valence-electron chi connectivity index (χ4n) is 4.02. The van der Waals surface area contributed by atoms with E-state index in [0.29, 0.717) is 5.54 Å². The smallest absolute Gasteiger partial charge is 0.0507 e. The molecule has 18 heavy (non-hydrogen) atoms. The van der Waals surface area contributed by atoms with E-state index in [1.165, 1.54) is 58.2 Å². The molecule has 3 heteroatoms. The van der Waals surface area contributed by atoms with E-state index in [1.54, 1.807) is 0 Å². The Balaban J connectivity index is 1.65. The van der Waals surface area contributed by atoms with Crippen LogP contribution in [0.25, 0.3) is 0 Å². The van der Waals surface area contributed by atoms with Crippen LogP contribution in [0.3, 0.4) is 0 Å². The van der Waals surface area contributed by atoms with Crippen LogP contribution in [0, 0.1) is 5.92 Å². The maximum atomic E-state index is 5.54. The molecule has 1 spiro atoms. The van der Waals surface area contributed by atoms with Gasteiger partial charge in [-0.3, -0.25) is 4.90 Å². The molecular weight excluding hydrogens is 224 g/mol. The fraction of sp³-hybridized carbons (Fsp3) is 1.00. The Kier molecular flexibility index (Phi) is 3.92. The summed E-state index contributed by atoms with van der Waals surface area (Å²) in [6, 6.07) is 0.734. The first-order valence-electron chi connectivity index (χ1n) is 7.84. The largest absolute Gasteiger partial charge is 0.381 e. The first-order chi connectivity index (χ1) is 8.77. The summed E-state index contributed by atoms with van der Waals surface area (Å²) in [5.41, 5.74) is 0.449. The molecule has 0 aromatic rings. The van der Waals surface area contributed by atoms with E-state index in [1.807, 2.05) is 0 Å². The highest BCUT2D eigenvalue weighted by Gasteiger charge is 2.38. The maximum Gasteiger partial charge on any atom is 0.0507 e. The third-order valence-electron chi connectivity index (χ3n) is 5.27. The molecule has 3 nitrogen and oxygen atoms in total. The van der Waals surface area contributed by atoms with Crippen LogP contribution < -0.4 is 5.32 Å². The minimum absolute atomic E-state index is 0.449. The van der Waals surface area contributed by atoms with Gasteiger partial charge in [0.15, 0.2) is 0 Å². The van der Waals surface area contributed by atoms with Gasteiger partial charge in [0.25, 0.3) is 0 Å². The predicted molar refractivity (Wildman–Crippen MR) is 73.8 cm³/mol. The molecule has 3 fully saturated rings. The monoisotopic (exact) mass is 252 g/mol. The standard InChI is InChI=1S/C15H28N2O/c1-13-4-8-16-15(6-2-3-7-15)12-17(13)10-14-5-9-18-11-14/h13-14,16H,2-12H2,1H3. The third kappa shape index (κ3) is 2.73. The van der Waals surface area contributed by atoms with Crippen LogP contribution in [-0.2, 0) is 4.74 Å². The molecule has 0 amide bonds. The highest BCUT2D eigenvalue weighted by molar-refractivity contribution is 4.98. The van der Waals surface area contributed by atoms with Crippen molar-refractivity contribution in [3.05, 3.63) is 0 Å². The Morgan fingerprint density at radius 2 is 2.11 bits per heavy atom. The van der Waals surface area contributed by atoms with Crippen molar-refractivity contribution in [1.29, 1.82) is 0 Å². The van der Waals surface area contributed by atoms with Crippen LogP contribution >= 0.6 is 0 Å². The molecule has 0 aromatic heterocycles. The number of nitrogens with one attached hydrogen (secondary N) is 1. The average Bonchev–Trinajstić information content (AvgIpc) is 2.97. The Labute approximate surface area is 111 Å². The zero-order valence-corrected chi connectivity index (χ0v) is 11.8. The van der Waals surface area contributed by atoms with Crippen LogP contribution in [0.1, 0.15) is 45.4 Å². The molecule has 104 valence electrons. The second-order valence-corrected chi connectivity index (χ2v) is 6.71. The van der Waals surface area contributed by atoms with Crippen LogP contribution in [-0.4, -0.2) is 49.3 Å². The van der Waals surface area contributed by atoms with E-state index < -0.39 is 0 Å². The highest BCUT2D eigenvalue weighted by atomic mass is 16.5. The average molecular weight is 252 g/mol. The van der Waals surface area contributed by atoms with Crippen molar-refractivity contribution >= 4 is 0 Å². The summed E-state index contributed by atoms with van der Waals surface area (Å²) in [5.74, 6) is 0.781. The molecule has 0 bridgehead atoms. The number of hydrogen-bond acceptors (Lipinski definition) is 3. The second kappa shape index (κ2) is 5.48. The van der Waals surface area contributed by atoms with Gasteiger partial charge >= 0.3 is 0 Å². The van der Waals surface area contributed by atoms with E-state index in [9.17, 15) is 0 Å². The lowest BCUT2D eigenvalue weighted by Crippen LogP contribution is -2.51. The lowest BCUT2D eigenvalue weighted by Gasteiger charge is -2.36. The van der Waals surface area contributed by atoms with Gasteiger partial charge in [0.1, 0.15) is 0 Å². The molecule has 2 aliphatic heterocycles. The minimum atomic E-state index is 0.449. The molecule has 0 radical (unpaired) electrons. The van der Waals surface area contributed by atoms with Gasteiger partial charge in [-0.25, -0.2) is 0 Å². The van der Waals surface area contributed by atoms with Crippen molar-refractivity contribution in [1.82, 2.24) is 10.2 Å². The van der Waals surface area contributed by atoms with Crippen LogP contribution in [0.5, 0.6) is 0 Å². The molecule has 1 N–H and O–H groups in total. The van der Waals surface area contributed by atoms with Gasteiger partial charge in [0.05, 0.1) is 6.61 Å². The van der Waals surface area contributed by atoms with Gasteiger partial charge in [-0.2, -0.15) is 0 Å². The summed E-state index contributed by atoms with van der Waals surface area (Å²) >= 11 is 0. The molecule has 3 rings (SSSR count). The maximum absolute atomic E-state index is 5.54. The van der Waals surface area contributed by atoms with E-state index in [0.717, 1.165) is 25.2 Å². The van der Waals surface area contributed by atoms with E-state index in [4.69, 9.17) is 4.74 Å². The molecule has 1 saturated carbocycles. The minimum Gasteiger partial charge on any atom is -0.381 e. The van der Waals surface area contributed by atoms with E-state index in [-0.39, 0.29) is 0 Å². The number of rotatable bonds is 2. The lowest BCUT2D eigenvalue weighted by molar-refractivity contribution is 0.129. The Hall–Kier alpha value is -0.120. The summed E-state index contributed by atoms with van der Waals surface area (Å²) < 4.78 is 5.54. The number of ether oxygens (including phenoxy) is 1. The molecular formula is C15H28N2O. The molecule has 0 aromatic carbocycles.